The molecular weight excluding hydrogens is 340 g/mol. The molecule has 23 heavy (non-hydrogen) atoms. The number of sulfonamides is 1. The maximum atomic E-state index is 12.5. The van der Waals surface area contributed by atoms with Gasteiger partial charge in [0.15, 0.2) is 0 Å². The zero-order chi connectivity index (χ0) is 17.0. The van der Waals surface area contributed by atoms with Crippen LogP contribution in [0.5, 0.6) is 0 Å². The Kier molecular flexibility index (Phi) is 5.89. The number of rotatable bonds is 6. The van der Waals surface area contributed by atoms with Gasteiger partial charge in [-0.05, 0) is 50.8 Å². The van der Waals surface area contributed by atoms with Crippen molar-refractivity contribution >= 4 is 33.3 Å². The fourth-order valence-electron chi connectivity index (χ4n) is 2.74. The van der Waals surface area contributed by atoms with Gasteiger partial charge in [0.1, 0.15) is 0 Å². The zero-order valence-electron chi connectivity index (χ0n) is 12.9. The van der Waals surface area contributed by atoms with Gasteiger partial charge < -0.3 is 10.4 Å². The number of anilines is 1. The largest absolute Gasteiger partial charge is 0.481 e. The highest BCUT2D eigenvalue weighted by molar-refractivity contribution is 7.89. The molecule has 3 N–H and O–H groups in total. The van der Waals surface area contributed by atoms with Crippen LogP contribution in [-0.4, -0.2) is 32.1 Å². The van der Waals surface area contributed by atoms with Crippen molar-refractivity contribution in [1.29, 1.82) is 0 Å². The van der Waals surface area contributed by atoms with Gasteiger partial charge in [-0.2, -0.15) is 0 Å². The quantitative estimate of drug-likeness (QED) is 0.724. The second kappa shape index (κ2) is 7.51. The summed E-state index contributed by atoms with van der Waals surface area (Å²) < 4.78 is 27.6. The summed E-state index contributed by atoms with van der Waals surface area (Å²) in [6.45, 7) is 2.53. The van der Waals surface area contributed by atoms with Crippen molar-refractivity contribution in [3.63, 3.8) is 0 Å². The summed E-state index contributed by atoms with van der Waals surface area (Å²) >= 11 is 6.03. The van der Waals surface area contributed by atoms with Gasteiger partial charge in [0, 0.05) is 12.6 Å². The zero-order valence-corrected chi connectivity index (χ0v) is 14.5. The third-order valence-electron chi connectivity index (χ3n) is 4.01. The van der Waals surface area contributed by atoms with E-state index in [2.05, 4.69) is 10.0 Å². The maximum Gasteiger partial charge on any atom is 0.306 e. The molecule has 0 aromatic heterocycles. The van der Waals surface area contributed by atoms with Crippen LogP contribution in [0.15, 0.2) is 23.1 Å². The van der Waals surface area contributed by atoms with Crippen LogP contribution in [0, 0.1) is 5.92 Å². The van der Waals surface area contributed by atoms with E-state index in [-0.39, 0.29) is 16.9 Å². The SMILES string of the molecule is CCNc1cc(S(=O)(=O)N[C@H]2CC[C@H](C(=O)O)CC2)ccc1Cl. The molecule has 6 nitrogen and oxygen atoms in total. The second-order valence-electron chi connectivity index (χ2n) is 5.68. The molecule has 1 saturated carbocycles. The van der Waals surface area contributed by atoms with Gasteiger partial charge >= 0.3 is 5.97 Å². The van der Waals surface area contributed by atoms with E-state index in [0.717, 1.165) is 0 Å². The number of aliphatic carboxylic acids is 1. The lowest BCUT2D eigenvalue weighted by Gasteiger charge is -2.26. The molecule has 0 spiro atoms. The van der Waals surface area contributed by atoms with E-state index >= 15 is 0 Å². The smallest absolute Gasteiger partial charge is 0.306 e. The van der Waals surface area contributed by atoms with Gasteiger partial charge in [-0.1, -0.05) is 11.6 Å². The first-order chi connectivity index (χ1) is 10.8. The molecule has 1 aromatic rings. The molecule has 0 aliphatic heterocycles. The van der Waals surface area contributed by atoms with Gasteiger partial charge in [-0.25, -0.2) is 13.1 Å². The van der Waals surface area contributed by atoms with Crippen LogP contribution in [-0.2, 0) is 14.8 Å². The number of hydrogen-bond acceptors (Lipinski definition) is 4. The Bertz CT molecular complexity index is 670. The third kappa shape index (κ3) is 4.59. The van der Waals surface area contributed by atoms with Crippen molar-refractivity contribution in [2.75, 3.05) is 11.9 Å². The van der Waals surface area contributed by atoms with E-state index in [1.54, 1.807) is 6.07 Å². The van der Waals surface area contributed by atoms with Crippen molar-refractivity contribution in [3.05, 3.63) is 23.2 Å². The number of carboxylic acids is 1. The Morgan fingerprint density at radius 1 is 1.30 bits per heavy atom. The molecule has 1 aliphatic rings. The molecule has 0 unspecified atom stereocenters. The molecule has 128 valence electrons. The van der Waals surface area contributed by atoms with Gasteiger partial charge in [0.25, 0.3) is 0 Å². The van der Waals surface area contributed by atoms with Crippen LogP contribution in [0.4, 0.5) is 5.69 Å². The first-order valence-electron chi connectivity index (χ1n) is 7.62. The Labute approximate surface area is 141 Å². The van der Waals surface area contributed by atoms with E-state index in [9.17, 15) is 13.2 Å². The van der Waals surface area contributed by atoms with Crippen LogP contribution in [0.2, 0.25) is 5.02 Å². The Hall–Kier alpha value is -1.31. The van der Waals surface area contributed by atoms with Crippen LogP contribution >= 0.6 is 11.6 Å². The van der Waals surface area contributed by atoms with Gasteiger partial charge in [0.05, 0.1) is 21.5 Å². The van der Waals surface area contributed by atoms with Crippen LogP contribution in [0.25, 0.3) is 0 Å². The number of nitrogens with one attached hydrogen (secondary N) is 2. The molecule has 8 heteroatoms. The average Bonchev–Trinajstić information content (AvgIpc) is 2.49. The Morgan fingerprint density at radius 3 is 2.52 bits per heavy atom. The minimum Gasteiger partial charge on any atom is -0.481 e. The fourth-order valence-corrected chi connectivity index (χ4v) is 4.26. The molecular formula is C15H21ClN2O4S. The van der Waals surface area contributed by atoms with Crippen LogP contribution in [0.3, 0.4) is 0 Å². The molecule has 0 atom stereocenters. The molecule has 1 aromatic carbocycles. The summed E-state index contributed by atoms with van der Waals surface area (Å²) in [6.07, 6.45) is 2.05. The second-order valence-corrected chi connectivity index (χ2v) is 7.80. The number of carboxylic acid groups (broad SMARTS) is 1. The van der Waals surface area contributed by atoms with Crippen LogP contribution < -0.4 is 10.0 Å². The molecule has 0 radical (unpaired) electrons. The molecule has 0 amide bonds. The minimum atomic E-state index is -3.65. The Balaban J connectivity index is 2.08. The topological polar surface area (TPSA) is 95.5 Å². The predicted molar refractivity (Wildman–Crippen MR) is 89.3 cm³/mol. The number of halogens is 1. The lowest BCUT2D eigenvalue weighted by Crippen LogP contribution is -2.38. The normalized spacial score (nSPS) is 21.8. The van der Waals surface area contributed by atoms with Crippen molar-refractivity contribution in [1.82, 2.24) is 4.72 Å². The predicted octanol–water partition coefficient (Wildman–Crippen LogP) is 2.69. The van der Waals surface area contributed by atoms with Gasteiger partial charge in [0.2, 0.25) is 10.0 Å². The summed E-state index contributed by atoms with van der Waals surface area (Å²) in [4.78, 5) is 11.1. The van der Waals surface area contributed by atoms with Crippen molar-refractivity contribution in [2.24, 2.45) is 5.92 Å². The number of benzene rings is 1. The molecule has 1 fully saturated rings. The van der Waals surface area contributed by atoms with Crippen molar-refractivity contribution in [3.8, 4) is 0 Å². The Morgan fingerprint density at radius 2 is 1.96 bits per heavy atom. The molecule has 0 saturated heterocycles. The lowest BCUT2D eigenvalue weighted by molar-refractivity contribution is -0.142. The summed E-state index contributed by atoms with van der Waals surface area (Å²) in [5.74, 6) is -1.18. The lowest BCUT2D eigenvalue weighted by atomic mass is 9.87. The van der Waals surface area contributed by atoms with E-state index in [4.69, 9.17) is 16.7 Å². The highest BCUT2D eigenvalue weighted by Gasteiger charge is 2.29. The van der Waals surface area contributed by atoms with Crippen molar-refractivity contribution in [2.45, 2.75) is 43.5 Å². The fraction of sp³-hybridized carbons (Fsp3) is 0.533. The van der Waals surface area contributed by atoms with E-state index in [1.807, 2.05) is 6.92 Å². The first-order valence-corrected chi connectivity index (χ1v) is 9.48. The van der Waals surface area contributed by atoms with Gasteiger partial charge in [-0.3, -0.25) is 4.79 Å². The van der Waals surface area contributed by atoms with E-state index in [0.29, 0.717) is 42.9 Å². The highest BCUT2D eigenvalue weighted by Crippen LogP contribution is 2.28. The average molecular weight is 361 g/mol. The molecule has 0 bridgehead atoms. The van der Waals surface area contributed by atoms with E-state index in [1.165, 1.54) is 12.1 Å². The van der Waals surface area contributed by atoms with E-state index < -0.39 is 16.0 Å². The summed E-state index contributed by atoms with van der Waals surface area (Å²) in [6, 6.07) is 4.30. The maximum absolute atomic E-state index is 12.5. The molecule has 0 heterocycles. The number of carbonyl (C=O) groups is 1. The standard InChI is InChI=1S/C15H21ClN2O4S/c1-2-17-14-9-12(7-8-13(14)16)23(21,22)18-11-5-3-10(4-6-11)15(19)20/h7-11,17-18H,2-6H2,1H3,(H,19,20)/t10-,11-. The van der Waals surface area contributed by atoms with Crippen LogP contribution in [0.1, 0.15) is 32.6 Å². The summed E-state index contributed by atoms with van der Waals surface area (Å²) in [5, 5.41) is 12.5. The highest BCUT2D eigenvalue weighted by atomic mass is 35.5. The van der Waals surface area contributed by atoms with Gasteiger partial charge in [-0.15, -0.1) is 0 Å². The monoisotopic (exact) mass is 360 g/mol. The third-order valence-corrected chi connectivity index (χ3v) is 5.86. The summed E-state index contributed by atoms with van der Waals surface area (Å²) in [5.41, 5.74) is 0.576. The first kappa shape index (κ1) is 18.0. The van der Waals surface area contributed by atoms with Crippen molar-refractivity contribution < 1.29 is 18.3 Å². The molecule has 1 aliphatic carbocycles. The number of hydrogen-bond donors (Lipinski definition) is 3. The summed E-state index contributed by atoms with van der Waals surface area (Å²) in [7, 11) is -3.65. The minimum absolute atomic E-state index is 0.151. The molecule has 2 rings (SSSR count).